The smallest absolute Gasteiger partial charge is 0.160 e. The first-order valence-electron chi connectivity index (χ1n) is 23.3. The molecule has 13 aromatic rings. The Hall–Kier alpha value is -9.25. The second-order valence-corrected chi connectivity index (χ2v) is 17.5. The van der Waals surface area contributed by atoms with E-state index in [1.54, 1.807) is 0 Å². The van der Waals surface area contributed by atoms with Crippen molar-refractivity contribution < 1.29 is 4.42 Å². The lowest BCUT2D eigenvalue weighted by molar-refractivity contribution is 0.669. The molecule has 0 aliphatic heterocycles. The minimum absolute atomic E-state index is 0.681. The zero-order valence-corrected chi connectivity index (χ0v) is 37.4. The van der Waals surface area contributed by atoms with Crippen molar-refractivity contribution in [2.24, 2.45) is 0 Å². The van der Waals surface area contributed by atoms with Crippen molar-refractivity contribution in [2.75, 3.05) is 0 Å². The van der Waals surface area contributed by atoms with Crippen LogP contribution in [0, 0.1) is 0 Å². The molecule has 0 unspecified atom stereocenters. The van der Waals surface area contributed by atoms with E-state index in [0.29, 0.717) is 5.82 Å². The third-order valence-electron chi connectivity index (χ3n) is 13.3. The fourth-order valence-corrected chi connectivity index (χ4v) is 9.86. The minimum Gasteiger partial charge on any atom is -0.456 e. The van der Waals surface area contributed by atoms with Crippen LogP contribution in [0.3, 0.4) is 0 Å². The van der Waals surface area contributed by atoms with E-state index in [4.69, 9.17) is 19.4 Å². The zero-order valence-electron chi connectivity index (χ0n) is 37.4. The first kappa shape index (κ1) is 40.1. The van der Waals surface area contributed by atoms with Gasteiger partial charge in [-0.05, 0) is 63.2 Å². The van der Waals surface area contributed by atoms with E-state index < -0.39 is 0 Å². The van der Waals surface area contributed by atoms with E-state index in [1.165, 1.54) is 16.5 Å². The summed E-state index contributed by atoms with van der Waals surface area (Å²) in [6.07, 6.45) is 0. The fourth-order valence-electron chi connectivity index (χ4n) is 9.86. The van der Waals surface area contributed by atoms with E-state index in [0.717, 1.165) is 111 Å². The van der Waals surface area contributed by atoms with Crippen LogP contribution in [0.15, 0.2) is 253 Å². The van der Waals surface area contributed by atoms with E-state index in [1.807, 2.05) is 18.2 Å². The van der Waals surface area contributed by atoms with E-state index in [2.05, 4.69) is 231 Å². The SMILES string of the molecule is c1ccc(-c2ccc(-c3cc(-c4ccc(-c5ccc(-c6nc7ccccc7c7c(-c8ccccc8)c8c(cc67)oc6ccccc68)cc5)cc4)nc(-c4ccc(-c5ccccc5)cc4)n3)cc2)cc1. The van der Waals surface area contributed by atoms with Gasteiger partial charge in [-0.3, -0.25) is 0 Å². The number of para-hydroxylation sites is 2. The molecule has 69 heavy (non-hydrogen) atoms. The molecule has 0 bridgehead atoms. The maximum absolute atomic E-state index is 6.61. The standard InChI is InChI=1S/C65H41N3O/c1-4-14-42(15-5-1)44-24-32-48(33-25-44)57-41-58(68-65(67-57)52-38-30-45(31-39-52)43-16-6-2-7-17-43)49-34-26-46(27-35-49)47-28-36-51(37-29-47)64-55-40-60-63(54-21-11-13-23-59(54)69-60)61(50-18-8-3-9-19-50)62(55)53-20-10-12-22-56(53)66-64/h1-41H. The van der Waals surface area contributed by atoms with Gasteiger partial charge in [-0.15, -0.1) is 0 Å². The van der Waals surface area contributed by atoms with Gasteiger partial charge in [-0.1, -0.05) is 224 Å². The Kier molecular flexibility index (Phi) is 9.80. The zero-order chi connectivity index (χ0) is 45.7. The first-order chi connectivity index (χ1) is 34.2. The van der Waals surface area contributed by atoms with Crippen molar-refractivity contribution in [1.29, 1.82) is 0 Å². The van der Waals surface area contributed by atoms with Crippen LogP contribution in [0.1, 0.15) is 0 Å². The molecule has 0 fully saturated rings. The molecular weight excluding hydrogens is 839 g/mol. The van der Waals surface area contributed by atoms with Gasteiger partial charge < -0.3 is 4.42 Å². The van der Waals surface area contributed by atoms with Gasteiger partial charge in [-0.25, -0.2) is 15.0 Å². The molecule has 0 radical (unpaired) electrons. The Morgan fingerprint density at radius 2 is 0.681 bits per heavy atom. The Morgan fingerprint density at radius 3 is 1.23 bits per heavy atom. The quantitative estimate of drug-likeness (QED) is 0.143. The summed E-state index contributed by atoms with van der Waals surface area (Å²) in [6.45, 7) is 0. The molecule has 0 amide bonds. The molecule has 0 N–H and O–H groups in total. The topological polar surface area (TPSA) is 51.8 Å². The lowest BCUT2D eigenvalue weighted by Gasteiger charge is -2.16. The molecular formula is C65H41N3O. The molecule has 3 aromatic heterocycles. The first-order valence-corrected chi connectivity index (χ1v) is 23.3. The summed E-state index contributed by atoms with van der Waals surface area (Å²) in [5.74, 6) is 0.681. The average molecular weight is 880 g/mol. The van der Waals surface area contributed by atoms with Gasteiger partial charge in [-0.2, -0.15) is 0 Å². The summed E-state index contributed by atoms with van der Waals surface area (Å²) in [5.41, 5.74) is 18.6. The molecule has 10 aromatic carbocycles. The molecule has 322 valence electrons. The lowest BCUT2D eigenvalue weighted by Crippen LogP contribution is -1.96. The van der Waals surface area contributed by atoms with E-state index in [-0.39, 0.29) is 0 Å². The Bertz CT molecular complexity index is 3900. The highest BCUT2D eigenvalue weighted by atomic mass is 16.3. The fraction of sp³-hybridized carbons (Fsp3) is 0. The molecule has 3 heterocycles. The number of furan rings is 1. The summed E-state index contributed by atoms with van der Waals surface area (Å²) in [7, 11) is 0. The van der Waals surface area contributed by atoms with E-state index >= 15 is 0 Å². The highest BCUT2D eigenvalue weighted by molar-refractivity contribution is 6.27. The van der Waals surface area contributed by atoms with Crippen LogP contribution in [0.5, 0.6) is 0 Å². The number of pyridine rings is 1. The highest BCUT2D eigenvalue weighted by Crippen LogP contribution is 2.46. The van der Waals surface area contributed by atoms with Crippen molar-refractivity contribution in [1.82, 2.24) is 15.0 Å². The monoisotopic (exact) mass is 879 g/mol. The van der Waals surface area contributed by atoms with Gasteiger partial charge in [0.1, 0.15) is 11.2 Å². The maximum atomic E-state index is 6.61. The Labute approximate surface area is 399 Å². The molecule has 0 saturated heterocycles. The predicted octanol–water partition coefficient (Wildman–Crippen LogP) is 17.4. The number of benzene rings is 10. The number of nitrogens with zero attached hydrogens (tertiary/aromatic N) is 3. The molecule has 13 rings (SSSR count). The third kappa shape index (κ3) is 7.32. The number of hydrogen-bond donors (Lipinski definition) is 0. The molecule has 0 spiro atoms. The highest BCUT2D eigenvalue weighted by Gasteiger charge is 2.22. The van der Waals surface area contributed by atoms with Gasteiger partial charge in [0.2, 0.25) is 0 Å². The van der Waals surface area contributed by atoms with Crippen molar-refractivity contribution in [3.8, 4) is 89.7 Å². The second kappa shape index (κ2) is 16.9. The van der Waals surface area contributed by atoms with Crippen LogP contribution in [0.25, 0.3) is 133 Å². The molecule has 4 heteroatoms. The number of fused-ring (bicyclic) bond motifs is 6. The van der Waals surface area contributed by atoms with Crippen LogP contribution in [0.4, 0.5) is 0 Å². The Balaban J connectivity index is 0.875. The van der Waals surface area contributed by atoms with Crippen molar-refractivity contribution in [3.63, 3.8) is 0 Å². The predicted molar refractivity (Wildman–Crippen MR) is 286 cm³/mol. The summed E-state index contributed by atoms with van der Waals surface area (Å²) in [5, 5.41) is 5.57. The van der Waals surface area contributed by atoms with Gasteiger partial charge in [0.25, 0.3) is 0 Å². The third-order valence-corrected chi connectivity index (χ3v) is 13.3. The maximum Gasteiger partial charge on any atom is 0.160 e. The molecule has 0 saturated carbocycles. The number of rotatable bonds is 8. The van der Waals surface area contributed by atoms with Crippen LogP contribution < -0.4 is 0 Å². The van der Waals surface area contributed by atoms with Gasteiger partial charge in [0.15, 0.2) is 5.82 Å². The van der Waals surface area contributed by atoms with Crippen molar-refractivity contribution in [2.45, 2.75) is 0 Å². The van der Waals surface area contributed by atoms with Crippen molar-refractivity contribution >= 4 is 43.6 Å². The minimum atomic E-state index is 0.681. The molecule has 0 atom stereocenters. The van der Waals surface area contributed by atoms with Crippen LogP contribution >= 0.6 is 0 Å². The lowest BCUT2D eigenvalue weighted by atomic mass is 9.89. The summed E-state index contributed by atoms with van der Waals surface area (Å²) >= 11 is 0. The van der Waals surface area contributed by atoms with Crippen molar-refractivity contribution in [3.05, 3.63) is 249 Å². The van der Waals surface area contributed by atoms with Crippen LogP contribution in [-0.4, -0.2) is 15.0 Å². The number of hydrogen-bond acceptors (Lipinski definition) is 4. The molecule has 0 aliphatic rings. The number of aromatic nitrogens is 3. The van der Waals surface area contributed by atoms with E-state index in [9.17, 15) is 0 Å². The molecule has 0 aliphatic carbocycles. The largest absolute Gasteiger partial charge is 0.456 e. The summed E-state index contributed by atoms with van der Waals surface area (Å²) in [4.78, 5) is 15.7. The van der Waals surface area contributed by atoms with Gasteiger partial charge >= 0.3 is 0 Å². The Morgan fingerprint density at radius 1 is 0.261 bits per heavy atom. The van der Waals surface area contributed by atoms with Gasteiger partial charge in [0.05, 0.1) is 22.6 Å². The van der Waals surface area contributed by atoms with Crippen LogP contribution in [-0.2, 0) is 0 Å². The average Bonchev–Trinajstić information content (AvgIpc) is 3.81. The summed E-state index contributed by atoms with van der Waals surface area (Å²) < 4.78 is 6.61. The summed E-state index contributed by atoms with van der Waals surface area (Å²) in [6, 6.07) is 87.4. The van der Waals surface area contributed by atoms with Crippen LogP contribution in [0.2, 0.25) is 0 Å². The molecule has 4 nitrogen and oxygen atoms in total. The normalized spacial score (nSPS) is 11.5. The van der Waals surface area contributed by atoms with Gasteiger partial charge in [0, 0.05) is 54.7 Å². The second-order valence-electron chi connectivity index (χ2n) is 17.5.